The first kappa shape index (κ1) is 14.0. The fourth-order valence-electron chi connectivity index (χ4n) is 2.49. The first-order chi connectivity index (χ1) is 9.63. The third-order valence-electron chi connectivity index (χ3n) is 3.78. The first-order valence-electron chi connectivity index (χ1n) is 6.74. The molecule has 0 aliphatic carbocycles. The van der Waals surface area contributed by atoms with Crippen molar-refractivity contribution in [1.29, 1.82) is 0 Å². The molecule has 1 atom stereocenters. The molecule has 0 spiro atoms. The third-order valence-corrected chi connectivity index (χ3v) is 4.52. The van der Waals surface area contributed by atoms with Crippen LogP contribution in [0, 0.1) is 5.92 Å². The van der Waals surface area contributed by atoms with E-state index in [2.05, 4.69) is 5.32 Å². The van der Waals surface area contributed by atoms with Crippen molar-refractivity contribution in [2.45, 2.75) is 12.5 Å². The highest BCUT2D eigenvalue weighted by molar-refractivity contribution is 6.42. The van der Waals surface area contributed by atoms with E-state index in [0.29, 0.717) is 22.3 Å². The lowest BCUT2D eigenvalue weighted by molar-refractivity contribution is -0.136. The second-order valence-corrected chi connectivity index (χ2v) is 6.06. The normalized spacial score (nSPS) is 22.7. The maximum absolute atomic E-state index is 12.1. The zero-order valence-electron chi connectivity index (χ0n) is 10.9. The molecular weight excluding hydrogens is 299 g/mol. The Morgan fingerprint density at radius 1 is 1.30 bits per heavy atom. The molecule has 108 valence electrons. The Labute approximate surface area is 128 Å². The minimum absolute atomic E-state index is 0.0317. The molecule has 1 N–H and O–H groups in total. The van der Waals surface area contributed by atoms with Crippen LogP contribution in [0.3, 0.4) is 0 Å². The number of amides is 1. The fourth-order valence-corrected chi connectivity index (χ4v) is 2.78. The van der Waals surface area contributed by atoms with Gasteiger partial charge in [-0.2, -0.15) is 0 Å². The van der Waals surface area contributed by atoms with Crippen LogP contribution in [-0.4, -0.2) is 43.1 Å². The topological polar surface area (TPSA) is 41.6 Å². The monoisotopic (exact) mass is 314 g/mol. The molecule has 2 aliphatic heterocycles. The second kappa shape index (κ2) is 5.80. The standard InChI is InChI=1S/C14H16Cl2N2O2/c15-12-2-1-10(5-13(12)16)20-11-3-4-18(8-11)14(19)9-6-17-7-9/h1-2,5,9,11,17H,3-4,6-8H2. The molecule has 1 aromatic rings. The van der Waals surface area contributed by atoms with Gasteiger partial charge in [0.05, 0.1) is 22.5 Å². The molecule has 4 nitrogen and oxygen atoms in total. The highest BCUT2D eigenvalue weighted by Gasteiger charge is 2.34. The number of rotatable bonds is 3. The number of halogens is 2. The third kappa shape index (κ3) is 2.87. The molecule has 1 unspecified atom stereocenters. The van der Waals surface area contributed by atoms with Crippen LogP contribution in [0.25, 0.3) is 0 Å². The number of benzene rings is 1. The molecule has 0 aromatic heterocycles. The second-order valence-electron chi connectivity index (χ2n) is 5.24. The van der Waals surface area contributed by atoms with E-state index in [1.165, 1.54) is 0 Å². The maximum Gasteiger partial charge on any atom is 0.228 e. The fraction of sp³-hybridized carbons (Fsp3) is 0.500. The van der Waals surface area contributed by atoms with Crippen molar-refractivity contribution in [3.05, 3.63) is 28.2 Å². The summed E-state index contributed by atoms with van der Waals surface area (Å²) in [6, 6.07) is 5.23. The Morgan fingerprint density at radius 3 is 2.75 bits per heavy atom. The molecule has 1 aromatic carbocycles. The van der Waals surface area contributed by atoms with Gasteiger partial charge in [-0.3, -0.25) is 4.79 Å². The van der Waals surface area contributed by atoms with Crippen LogP contribution in [0.2, 0.25) is 10.0 Å². The highest BCUT2D eigenvalue weighted by Crippen LogP contribution is 2.28. The Bertz CT molecular complexity index is 520. The largest absolute Gasteiger partial charge is 0.488 e. The molecule has 6 heteroatoms. The Balaban J connectivity index is 1.57. The van der Waals surface area contributed by atoms with Gasteiger partial charge in [-0.05, 0) is 12.1 Å². The summed E-state index contributed by atoms with van der Waals surface area (Å²) in [5.74, 6) is 1.09. The zero-order chi connectivity index (χ0) is 14.1. The number of hydrogen-bond donors (Lipinski definition) is 1. The molecule has 20 heavy (non-hydrogen) atoms. The van der Waals surface area contributed by atoms with Crippen molar-refractivity contribution in [2.24, 2.45) is 5.92 Å². The lowest BCUT2D eigenvalue weighted by atomic mass is 10.0. The van der Waals surface area contributed by atoms with E-state index < -0.39 is 0 Å². The lowest BCUT2D eigenvalue weighted by Crippen LogP contribution is -2.51. The number of ether oxygens (including phenoxy) is 1. The molecule has 0 saturated carbocycles. The number of likely N-dealkylation sites (tertiary alicyclic amines) is 1. The van der Waals surface area contributed by atoms with Crippen LogP contribution in [-0.2, 0) is 4.79 Å². The minimum atomic E-state index is 0.0317. The van der Waals surface area contributed by atoms with Crippen LogP contribution >= 0.6 is 23.2 Å². The number of carbonyl (C=O) groups excluding carboxylic acids is 1. The van der Waals surface area contributed by atoms with Crippen LogP contribution in [0.5, 0.6) is 5.75 Å². The zero-order valence-corrected chi connectivity index (χ0v) is 12.5. The van der Waals surface area contributed by atoms with Gasteiger partial charge in [0, 0.05) is 32.1 Å². The van der Waals surface area contributed by atoms with Gasteiger partial charge in [-0.15, -0.1) is 0 Å². The SMILES string of the molecule is O=C(C1CNC1)N1CCC(Oc2ccc(Cl)c(Cl)c2)C1. The predicted molar refractivity (Wildman–Crippen MR) is 78.4 cm³/mol. The van der Waals surface area contributed by atoms with E-state index >= 15 is 0 Å². The smallest absolute Gasteiger partial charge is 0.228 e. The molecule has 2 heterocycles. The molecule has 0 radical (unpaired) electrons. The molecule has 0 bridgehead atoms. The molecular formula is C14H16Cl2N2O2. The highest BCUT2D eigenvalue weighted by atomic mass is 35.5. The van der Waals surface area contributed by atoms with E-state index in [4.69, 9.17) is 27.9 Å². The summed E-state index contributed by atoms with van der Waals surface area (Å²) in [6.07, 6.45) is 0.885. The quantitative estimate of drug-likeness (QED) is 0.930. The van der Waals surface area contributed by atoms with Crippen LogP contribution in [0.15, 0.2) is 18.2 Å². The summed E-state index contributed by atoms with van der Waals surface area (Å²) < 4.78 is 5.87. The maximum atomic E-state index is 12.1. The van der Waals surface area contributed by atoms with Gasteiger partial charge in [0.15, 0.2) is 0 Å². The van der Waals surface area contributed by atoms with Crippen LogP contribution in [0.1, 0.15) is 6.42 Å². The average Bonchev–Trinajstić information content (AvgIpc) is 2.80. The lowest BCUT2D eigenvalue weighted by Gasteiger charge is -2.30. The van der Waals surface area contributed by atoms with E-state index in [1.807, 2.05) is 4.90 Å². The molecule has 3 rings (SSSR count). The molecule has 2 aliphatic rings. The van der Waals surface area contributed by atoms with Gasteiger partial charge >= 0.3 is 0 Å². The van der Waals surface area contributed by atoms with E-state index in [1.54, 1.807) is 18.2 Å². The summed E-state index contributed by atoms with van der Waals surface area (Å²) in [6.45, 7) is 3.01. The Hall–Kier alpha value is -0.970. The van der Waals surface area contributed by atoms with Crippen molar-refractivity contribution >= 4 is 29.1 Å². The van der Waals surface area contributed by atoms with Gasteiger partial charge in [-0.25, -0.2) is 0 Å². The Kier molecular flexibility index (Phi) is 4.06. The Morgan fingerprint density at radius 2 is 2.10 bits per heavy atom. The predicted octanol–water partition coefficient (Wildman–Crippen LogP) is 2.19. The molecule has 2 saturated heterocycles. The van der Waals surface area contributed by atoms with Crippen molar-refractivity contribution < 1.29 is 9.53 Å². The van der Waals surface area contributed by atoms with Crippen molar-refractivity contribution in [3.8, 4) is 5.75 Å². The summed E-state index contributed by atoms with van der Waals surface area (Å²) in [5, 5.41) is 4.12. The van der Waals surface area contributed by atoms with E-state index in [9.17, 15) is 4.79 Å². The summed E-state index contributed by atoms with van der Waals surface area (Å²) >= 11 is 11.8. The van der Waals surface area contributed by atoms with Gasteiger partial charge in [-0.1, -0.05) is 23.2 Å². The van der Waals surface area contributed by atoms with Crippen molar-refractivity contribution in [1.82, 2.24) is 10.2 Å². The summed E-state index contributed by atoms with van der Waals surface area (Å²) in [5.41, 5.74) is 0. The molecule has 2 fully saturated rings. The average molecular weight is 315 g/mol. The summed E-state index contributed by atoms with van der Waals surface area (Å²) in [7, 11) is 0. The number of nitrogens with zero attached hydrogens (tertiary/aromatic N) is 1. The number of hydrogen-bond acceptors (Lipinski definition) is 3. The van der Waals surface area contributed by atoms with Gasteiger partial charge in [0.25, 0.3) is 0 Å². The van der Waals surface area contributed by atoms with Crippen LogP contribution in [0.4, 0.5) is 0 Å². The van der Waals surface area contributed by atoms with Gasteiger partial charge < -0.3 is 15.0 Å². The van der Waals surface area contributed by atoms with Crippen LogP contribution < -0.4 is 10.1 Å². The minimum Gasteiger partial charge on any atom is -0.488 e. The summed E-state index contributed by atoms with van der Waals surface area (Å²) in [4.78, 5) is 14.0. The number of carbonyl (C=O) groups is 1. The van der Waals surface area contributed by atoms with E-state index in [0.717, 1.165) is 26.1 Å². The number of nitrogens with one attached hydrogen (secondary N) is 1. The van der Waals surface area contributed by atoms with E-state index in [-0.39, 0.29) is 17.9 Å². The van der Waals surface area contributed by atoms with Gasteiger partial charge in [0.1, 0.15) is 11.9 Å². The van der Waals surface area contributed by atoms with Crippen molar-refractivity contribution in [3.63, 3.8) is 0 Å². The van der Waals surface area contributed by atoms with Gasteiger partial charge in [0.2, 0.25) is 5.91 Å². The molecule has 1 amide bonds. The first-order valence-corrected chi connectivity index (χ1v) is 7.50. The van der Waals surface area contributed by atoms with Crippen molar-refractivity contribution in [2.75, 3.05) is 26.2 Å².